The molecule has 0 aromatic heterocycles. The van der Waals surface area contributed by atoms with Gasteiger partial charge in [0.2, 0.25) is 0 Å². The van der Waals surface area contributed by atoms with Crippen LogP contribution in [-0.4, -0.2) is 55.0 Å². The number of piperazine rings is 1. The SMILES string of the molecule is COc1ccccc1C(=O)N1CCN(C(=O)NC(C)c2ccc(C)cc2C)CC1. The Morgan fingerprint density at radius 1 is 1.00 bits per heavy atom. The van der Waals surface area contributed by atoms with Gasteiger partial charge in [0, 0.05) is 26.2 Å². The summed E-state index contributed by atoms with van der Waals surface area (Å²) in [4.78, 5) is 29.1. The van der Waals surface area contributed by atoms with Crippen LogP contribution in [0.25, 0.3) is 0 Å². The van der Waals surface area contributed by atoms with Crippen LogP contribution in [0.5, 0.6) is 5.75 Å². The second kappa shape index (κ2) is 8.99. The number of carbonyl (C=O) groups is 2. The summed E-state index contributed by atoms with van der Waals surface area (Å²) in [5.74, 6) is 0.506. The van der Waals surface area contributed by atoms with Crippen LogP contribution < -0.4 is 10.1 Å². The molecule has 0 spiro atoms. The van der Waals surface area contributed by atoms with Crippen LogP contribution in [0.3, 0.4) is 0 Å². The van der Waals surface area contributed by atoms with Crippen LogP contribution in [0.4, 0.5) is 4.79 Å². The molecule has 1 aliphatic heterocycles. The van der Waals surface area contributed by atoms with Crippen molar-refractivity contribution in [3.05, 3.63) is 64.7 Å². The minimum Gasteiger partial charge on any atom is -0.496 e. The Hall–Kier alpha value is -3.02. The number of amides is 3. The summed E-state index contributed by atoms with van der Waals surface area (Å²) in [6.07, 6.45) is 0. The van der Waals surface area contributed by atoms with E-state index in [1.165, 1.54) is 11.1 Å². The van der Waals surface area contributed by atoms with Crippen molar-refractivity contribution in [2.45, 2.75) is 26.8 Å². The molecular formula is C23H29N3O3. The van der Waals surface area contributed by atoms with Crippen LogP contribution in [0.15, 0.2) is 42.5 Å². The van der Waals surface area contributed by atoms with Crippen molar-refractivity contribution in [3.8, 4) is 5.75 Å². The number of nitrogens with zero attached hydrogens (tertiary/aromatic N) is 2. The number of methoxy groups -OCH3 is 1. The van der Waals surface area contributed by atoms with Crippen LogP contribution in [0.2, 0.25) is 0 Å². The molecule has 2 aromatic rings. The van der Waals surface area contributed by atoms with Crippen molar-refractivity contribution in [1.82, 2.24) is 15.1 Å². The largest absolute Gasteiger partial charge is 0.496 e. The normalized spacial score (nSPS) is 15.0. The highest BCUT2D eigenvalue weighted by molar-refractivity contribution is 5.97. The Morgan fingerprint density at radius 2 is 1.66 bits per heavy atom. The Labute approximate surface area is 172 Å². The van der Waals surface area contributed by atoms with Crippen LogP contribution in [-0.2, 0) is 0 Å². The summed E-state index contributed by atoms with van der Waals surface area (Å²) in [6.45, 7) is 8.14. The fourth-order valence-electron chi connectivity index (χ4n) is 3.77. The summed E-state index contributed by atoms with van der Waals surface area (Å²) >= 11 is 0. The first-order valence-corrected chi connectivity index (χ1v) is 9.95. The van der Waals surface area contributed by atoms with Crippen LogP contribution >= 0.6 is 0 Å². The highest BCUT2D eigenvalue weighted by Gasteiger charge is 2.27. The predicted octanol–water partition coefficient (Wildman–Crippen LogP) is 3.54. The molecule has 0 radical (unpaired) electrons. The van der Waals surface area contributed by atoms with Gasteiger partial charge in [0.05, 0.1) is 18.7 Å². The van der Waals surface area contributed by atoms with E-state index >= 15 is 0 Å². The van der Waals surface area contributed by atoms with Gasteiger partial charge in [0.15, 0.2) is 0 Å². The fourth-order valence-corrected chi connectivity index (χ4v) is 3.77. The lowest BCUT2D eigenvalue weighted by molar-refractivity contribution is 0.0660. The van der Waals surface area contributed by atoms with Gasteiger partial charge in [-0.05, 0) is 44.0 Å². The maximum absolute atomic E-state index is 12.8. The predicted molar refractivity (Wildman–Crippen MR) is 113 cm³/mol. The van der Waals surface area contributed by atoms with Crippen molar-refractivity contribution in [2.24, 2.45) is 0 Å². The quantitative estimate of drug-likeness (QED) is 0.861. The molecule has 1 N–H and O–H groups in total. The van der Waals surface area contributed by atoms with Crippen molar-refractivity contribution < 1.29 is 14.3 Å². The van der Waals surface area contributed by atoms with E-state index in [1.807, 2.05) is 19.1 Å². The molecule has 1 saturated heterocycles. The number of hydrogen-bond donors (Lipinski definition) is 1. The van der Waals surface area contributed by atoms with Gasteiger partial charge in [-0.3, -0.25) is 4.79 Å². The average molecular weight is 396 g/mol. The van der Waals surface area contributed by atoms with Crippen LogP contribution in [0.1, 0.15) is 40.0 Å². The number of nitrogens with one attached hydrogen (secondary N) is 1. The summed E-state index contributed by atoms with van der Waals surface area (Å²) < 4.78 is 5.30. The number of aryl methyl sites for hydroxylation is 2. The van der Waals surface area contributed by atoms with Gasteiger partial charge in [-0.15, -0.1) is 0 Å². The molecule has 1 atom stereocenters. The summed E-state index contributed by atoms with van der Waals surface area (Å²) in [5.41, 5.74) is 4.05. The van der Waals surface area contributed by atoms with E-state index in [4.69, 9.17) is 4.74 Å². The van der Waals surface area contributed by atoms with Gasteiger partial charge >= 0.3 is 6.03 Å². The summed E-state index contributed by atoms with van der Waals surface area (Å²) in [7, 11) is 1.56. The van der Waals surface area contributed by atoms with E-state index < -0.39 is 0 Å². The highest BCUT2D eigenvalue weighted by Crippen LogP contribution is 2.21. The number of para-hydroxylation sites is 1. The third kappa shape index (κ3) is 4.70. The molecular weight excluding hydrogens is 366 g/mol. The van der Waals surface area contributed by atoms with Gasteiger partial charge in [-0.1, -0.05) is 35.9 Å². The molecule has 1 unspecified atom stereocenters. The molecule has 0 saturated carbocycles. The van der Waals surface area contributed by atoms with E-state index in [-0.39, 0.29) is 18.0 Å². The van der Waals surface area contributed by atoms with Gasteiger partial charge < -0.3 is 19.9 Å². The van der Waals surface area contributed by atoms with E-state index in [2.05, 4.69) is 37.4 Å². The third-order valence-electron chi connectivity index (χ3n) is 5.42. The molecule has 1 fully saturated rings. The number of ether oxygens (including phenoxy) is 1. The lowest BCUT2D eigenvalue weighted by Crippen LogP contribution is -2.53. The van der Waals surface area contributed by atoms with Crippen molar-refractivity contribution >= 4 is 11.9 Å². The molecule has 6 nitrogen and oxygen atoms in total. The smallest absolute Gasteiger partial charge is 0.317 e. The van der Waals surface area contributed by atoms with Crippen molar-refractivity contribution in [2.75, 3.05) is 33.3 Å². The summed E-state index contributed by atoms with van der Waals surface area (Å²) in [6, 6.07) is 13.3. The maximum atomic E-state index is 12.8. The van der Waals surface area contributed by atoms with Crippen molar-refractivity contribution in [3.63, 3.8) is 0 Å². The first-order chi connectivity index (χ1) is 13.9. The molecule has 6 heteroatoms. The molecule has 0 bridgehead atoms. The van der Waals surface area contributed by atoms with E-state index in [1.54, 1.807) is 29.0 Å². The molecule has 3 rings (SSSR count). The number of rotatable bonds is 4. The Kier molecular flexibility index (Phi) is 6.42. The highest BCUT2D eigenvalue weighted by atomic mass is 16.5. The third-order valence-corrected chi connectivity index (χ3v) is 5.42. The Balaban J connectivity index is 1.57. The second-order valence-corrected chi connectivity index (χ2v) is 7.51. The van der Waals surface area contributed by atoms with E-state index in [0.717, 1.165) is 5.56 Å². The number of carbonyl (C=O) groups excluding carboxylic acids is 2. The monoisotopic (exact) mass is 395 g/mol. The average Bonchev–Trinajstić information content (AvgIpc) is 2.73. The molecule has 154 valence electrons. The fraction of sp³-hybridized carbons (Fsp3) is 0.391. The first-order valence-electron chi connectivity index (χ1n) is 9.95. The van der Waals surface area contributed by atoms with Gasteiger partial charge in [0.1, 0.15) is 5.75 Å². The maximum Gasteiger partial charge on any atom is 0.317 e. The molecule has 1 aliphatic rings. The van der Waals surface area contributed by atoms with Crippen LogP contribution in [0, 0.1) is 13.8 Å². The van der Waals surface area contributed by atoms with Crippen molar-refractivity contribution in [1.29, 1.82) is 0 Å². The standard InChI is InChI=1S/C23H29N3O3/c1-16-9-10-19(17(2)15-16)18(3)24-23(28)26-13-11-25(12-14-26)22(27)20-7-5-6-8-21(20)29-4/h5-10,15,18H,11-14H2,1-4H3,(H,24,28). The molecule has 2 aromatic carbocycles. The minimum atomic E-state index is -0.0955. The number of urea groups is 1. The second-order valence-electron chi connectivity index (χ2n) is 7.51. The Bertz CT molecular complexity index is 889. The lowest BCUT2D eigenvalue weighted by atomic mass is 10.0. The van der Waals surface area contributed by atoms with Gasteiger partial charge in [-0.2, -0.15) is 0 Å². The topological polar surface area (TPSA) is 61.9 Å². The minimum absolute atomic E-state index is 0.0637. The van der Waals surface area contributed by atoms with E-state index in [9.17, 15) is 9.59 Å². The molecule has 3 amide bonds. The van der Waals surface area contributed by atoms with E-state index in [0.29, 0.717) is 37.5 Å². The van der Waals surface area contributed by atoms with Gasteiger partial charge in [-0.25, -0.2) is 4.79 Å². The number of benzene rings is 2. The number of hydrogen-bond acceptors (Lipinski definition) is 3. The zero-order valence-electron chi connectivity index (χ0n) is 17.6. The van der Waals surface area contributed by atoms with Gasteiger partial charge in [0.25, 0.3) is 5.91 Å². The molecule has 1 heterocycles. The molecule has 29 heavy (non-hydrogen) atoms. The lowest BCUT2D eigenvalue weighted by Gasteiger charge is -2.35. The first kappa shape index (κ1) is 20.7. The zero-order valence-corrected chi connectivity index (χ0v) is 17.6. The zero-order chi connectivity index (χ0) is 21.0. The molecule has 0 aliphatic carbocycles. The summed E-state index contributed by atoms with van der Waals surface area (Å²) in [5, 5.41) is 3.08. The Morgan fingerprint density at radius 3 is 2.31 bits per heavy atom.